The number of aryl methyl sites for hydroxylation is 1. The van der Waals surface area contributed by atoms with E-state index in [2.05, 4.69) is 48.5 Å². The molecule has 0 fully saturated rings. The zero-order chi connectivity index (χ0) is 8.97. The van der Waals surface area contributed by atoms with Crippen LogP contribution < -0.4 is 0 Å². The van der Waals surface area contributed by atoms with Crippen molar-refractivity contribution in [1.29, 1.82) is 0 Å². The van der Waals surface area contributed by atoms with Gasteiger partial charge in [-0.2, -0.15) is 5.10 Å². The Morgan fingerprint density at radius 3 is 2.83 bits per heavy atom. The van der Waals surface area contributed by atoms with Gasteiger partial charge in [-0.3, -0.25) is 5.10 Å². The van der Waals surface area contributed by atoms with Crippen molar-refractivity contribution >= 4 is 10.9 Å². The van der Waals surface area contributed by atoms with E-state index in [1.807, 2.05) is 6.20 Å². The monoisotopic (exact) mass is 160 g/mol. The molecule has 0 unspecified atom stereocenters. The van der Waals surface area contributed by atoms with Crippen LogP contribution in [0.2, 0.25) is 0 Å². The maximum Gasteiger partial charge on any atom is 0.0652 e. The maximum absolute atomic E-state index is 3.92. The molecule has 0 aliphatic heterocycles. The summed E-state index contributed by atoms with van der Waals surface area (Å²) in [6.07, 6.45) is 1.83. The average molecular weight is 160 g/mol. The Kier molecular flexibility index (Phi) is 2.64. The minimum atomic E-state index is 1.11. The zero-order valence-corrected chi connectivity index (χ0v) is 7.17. The Labute approximate surface area is 71.9 Å². The molecule has 1 N–H and O–H groups in total. The smallest absolute Gasteiger partial charge is 0.0652 e. The summed E-state index contributed by atoms with van der Waals surface area (Å²) in [5, 5.41) is 8.00. The van der Waals surface area contributed by atoms with Gasteiger partial charge in [0.05, 0.1) is 11.7 Å². The van der Waals surface area contributed by atoms with E-state index in [1.165, 1.54) is 10.9 Å². The van der Waals surface area contributed by atoms with Crippen molar-refractivity contribution < 1.29 is 0 Å². The molecular weight excluding hydrogens is 148 g/mol. The molecule has 1 aromatic carbocycles. The quantitative estimate of drug-likeness (QED) is 0.590. The number of hydrogen-bond donors (Lipinski definition) is 1. The van der Waals surface area contributed by atoms with Crippen LogP contribution in [0.15, 0.2) is 37.6 Å². The highest BCUT2D eigenvalue weighted by atomic mass is 15.1. The van der Waals surface area contributed by atoms with Crippen molar-refractivity contribution in [2.24, 2.45) is 0 Å². The number of rotatable bonds is 0. The first-order valence-electron chi connectivity index (χ1n) is 3.76. The second-order valence-corrected chi connectivity index (χ2v) is 2.46. The van der Waals surface area contributed by atoms with Gasteiger partial charge in [-0.05, 0) is 18.6 Å². The minimum Gasteiger partial charge on any atom is -0.278 e. The summed E-state index contributed by atoms with van der Waals surface area (Å²) in [6, 6.07) is 6.23. The molecule has 0 amide bonds. The van der Waals surface area contributed by atoms with Gasteiger partial charge in [-0.1, -0.05) is 12.1 Å². The fourth-order valence-electron chi connectivity index (χ4n) is 1.05. The van der Waals surface area contributed by atoms with Crippen LogP contribution in [-0.4, -0.2) is 10.2 Å². The van der Waals surface area contributed by atoms with Gasteiger partial charge in [0.2, 0.25) is 0 Å². The van der Waals surface area contributed by atoms with Gasteiger partial charge in [-0.25, -0.2) is 0 Å². The van der Waals surface area contributed by atoms with Crippen LogP contribution in [0.5, 0.6) is 0 Å². The molecule has 12 heavy (non-hydrogen) atoms. The van der Waals surface area contributed by atoms with Crippen LogP contribution in [0.4, 0.5) is 0 Å². The molecule has 2 heteroatoms. The van der Waals surface area contributed by atoms with Crippen molar-refractivity contribution in [3.63, 3.8) is 0 Å². The summed E-state index contributed by atoms with van der Waals surface area (Å²) in [5.74, 6) is 0. The van der Waals surface area contributed by atoms with Crippen molar-refractivity contribution in [1.82, 2.24) is 10.2 Å². The molecular formula is C10H12N2. The van der Waals surface area contributed by atoms with Gasteiger partial charge < -0.3 is 0 Å². The summed E-state index contributed by atoms with van der Waals surface area (Å²) in [6.45, 7) is 8.07. The van der Waals surface area contributed by atoms with Crippen LogP contribution in [0.25, 0.3) is 10.9 Å². The zero-order valence-electron chi connectivity index (χ0n) is 7.17. The number of nitrogens with one attached hydrogen (secondary N) is 1. The lowest BCUT2D eigenvalue weighted by atomic mass is 10.2. The first kappa shape index (κ1) is 8.53. The number of H-pyrrole nitrogens is 1. The van der Waals surface area contributed by atoms with Crippen LogP contribution in [0.1, 0.15) is 5.56 Å². The van der Waals surface area contributed by atoms with E-state index in [1.54, 1.807) is 0 Å². The SMILES string of the molecule is C=C.Cc1ccc2cn[nH]c2c1. The molecule has 0 atom stereocenters. The lowest BCUT2D eigenvalue weighted by Gasteiger charge is -1.89. The van der Waals surface area contributed by atoms with Crippen LogP contribution in [-0.2, 0) is 0 Å². The van der Waals surface area contributed by atoms with E-state index in [-0.39, 0.29) is 0 Å². The maximum atomic E-state index is 3.92. The van der Waals surface area contributed by atoms with E-state index >= 15 is 0 Å². The first-order chi connectivity index (χ1) is 5.86. The molecule has 1 heterocycles. The normalized spacial score (nSPS) is 9.08. The van der Waals surface area contributed by atoms with Crippen LogP contribution in [0, 0.1) is 6.92 Å². The third kappa shape index (κ3) is 1.53. The molecule has 0 bridgehead atoms. The Balaban J connectivity index is 0.000000336. The second kappa shape index (κ2) is 3.72. The van der Waals surface area contributed by atoms with Gasteiger partial charge >= 0.3 is 0 Å². The van der Waals surface area contributed by atoms with Crippen molar-refractivity contribution in [2.75, 3.05) is 0 Å². The average Bonchev–Trinajstić information content (AvgIpc) is 2.54. The third-order valence-electron chi connectivity index (χ3n) is 1.60. The van der Waals surface area contributed by atoms with Gasteiger partial charge in [-0.15, -0.1) is 13.2 Å². The summed E-state index contributed by atoms with van der Waals surface area (Å²) in [7, 11) is 0. The predicted molar refractivity (Wildman–Crippen MR) is 52.1 cm³/mol. The number of benzene rings is 1. The fourth-order valence-corrected chi connectivity index (χ4v) is 1.05. The Bertz CT molecular complexity index is 363. The molecule has 0 radical (unpaired) electrons. The lowest BCUT2D eigenvalue weighted by molar-refractivity contribution is 1.12. The second-order valence-electron chi connectivity index (χ2n) is 2.46. The largest absolute Gasteiger partial charge is 0.278 e. The lowest BCUT2D eigenvalue weighted by Crippen LogP contribution is -1.70. The molecule has 1 aromatic heterocycles. The molecule has 0 saturated carbocycles. The van der Waals surface area contributed by atoms with E-state index in [9.17, 15) is 0 Å². The highest BCUT2D eigenvalue weighted by Crippen LogP contribution is 2.10. The molecule has 2 aromatic rings. The number of fused-ring (bicyclic) bond motifs is 1. The number of aromatic amines is 1. The van der Waals surface area contributed by atoms with Crippen molar-refractivity contribution in [3.8, 4) is 0 Å². The molecule has 2 nitrogen and oxygen atoms in total. The summed E-state index contributed by atoms with van der Waals surface area (Å²) >= 11 is 0. The molecule has 0 aliphatic rings. The van der Waals surface area contributed by atoms with E-state index in [4.69, 9.17) is 0 Å². The fraction of sp³-hybridized carbons (Fsp3) is 0.100. The molecule has 0 spiro atoms. The van der Waals surface area contributed by atoms with Gasteiger partial charge in [0.1, 0.15) is 0 Å². The van der Waals surface area contributed by atoms with Crippen LogP contribution in [0.3, 0.4) is 0 Å². The highest BCUT2D eigenvalue weighted by molar-refractivity contribution is 5.78. The Hall–Kier alpha value is -1.57. The summed E-state index contributed by atoms with van der Waals surface area (Å²) in [4.78, 5) is 0. The number of nitrogens with zero attached hydrogens (tertiary/aromatic N) is 1. The Morgan fingerprint density at radius 2 is 2.08 bits per heavy atom. The summed E-state index contributed by atoms with van der Waals surface area (Å²) < 4.78 is 0. The topological polar surface area (TPSA) is 28.7 Å². The predicted octanol–water partition coefficient (Wildman–Crippen LogP) is 2.67. The van der Waals surface area contributed by atoms with E-state index in [0.29, 0.717) is 0 Å². The summed E-state index contributed by atoms with van der Waals surface area (Å²) in [5.41, 5.74) is 2.37. The van der Waals surface area contributed by atoms with E-state index in [0.717, 1.165) is 5.52 Å². The van der Waals surface area contributed by atoms with Crippen molar-refractivity contribution in [3.05, 3.63) is 43.1 Å². The molecule has 62 valence electrons. The van der Waals surface area contributed by atoms with Gasteiger partial charge in [0.25, 0.3) is 0 Å². The minimum absolute atomic E-state index is 1.11. The molecule has 2 rings (SSSR count). The molecule has 0 saturated heterocycles. The van der Waals surface area contributed by atoms with E-state index < -0.39 is 0 Å². The van der Waals surface area contributed by atoms with Crippen molar-refractivity contribution in [2.45, 2.75) is 6.92 Å². The standard InChI is InChI=1S/C8H8N2.C2H4/c1-6-2-3-7-5-9-10-8(7)4-6;1-2/h2-5H,1H3,(H,9,10);1-2H2. The Morgan fingerprint density at radius 1 is 1.33 bits per heavy atom. The van der Waals surface area contributed by atoms with Gasteiger partial charge in [0.15, 0.2) is 0 Å². The van der Waals surface area contributed by atoms with Crippen LogP contribution >= 0.6 is 0 Å². The van der Waals surface area contributed by atoms with Gasteiger partial charge in [0, 0.05) is 5.39 Å². The highest BCUT2D eigenvalue weighted by Gasteiger charge is 1.92. The number of aromatic nitrogens is 2. The molecule has 0 aliphatic carbocycles. The third-order valence-corrected chi connectivity index (χ3v) is 1.60. The number of hydrogen-bond acceptors (Lipinski definition) is 1. The first-order valence-corrected chi connectivity index (χ1v) is 3.76.